The van der Waals surface area contributed by atoms with E-state index in [1.807, 2.05) is 37.6 Å². The number of nitrogens with zero attached hydrogens (tertiary/aromatic N) is 4. The van der Waals surface area contributed by atoms with E-state index in [1.165, 1.54) is 24.0 Å². The highest BCUT2D eigenvalue weighted by molar-refractivity contribution is 5.93. The first-order chi connectivity index (χ1) is 16.6. The molecule has 1 fully saturated rings. The molecule has 1 aromatic carbocycles. The Labute approximate surface area is 201 Å². The van der Waals surface area contributed by atoms with Crippen LogP contribution >= 0.6 is 0 Å². The van der Waals surface area contributed by atoms with Crippen molar-refractivity contribution in [1.82, 2.24) is 20.3 Å². The second-order valence-corrected chi connectivity index (χ2v) is 9.06. The van der Waals surface area contributed by atoms with Crippen molar-refractivity contribution in [2.45, 2.75) is 25.9 Å². The van der Waals surface area contributed by atoms with Crippen LogP contribution in [0.2, 0.25) is 0 Å². The van der Waals surface area contributed by atoms with Crippen molar-refractivity contribution in [3.8, 4) is 0 Å². The zero-order valence-electron chi connectivity index (χ0n) is 19.7. The van der Waals surface area contributed by atoms with Crippen LogP contribution in [0.3, 0.4) is 0 Å². The van der Waals surface area contributed by atoms with Crippen molar-refractivity contribution in [3.63, 3.8) is 0 Å². The number of amides is 1. The van der Waals surface area contributed by atoms with Crippen LogP contribution in [0, 0.1) is 11.8 Å². The molecule has 7 heteroatoms. The van der Waals surface area contributed by atoms with Gasteiger partial charge in [0, 0.05) is 63.0 Å². The van der Waals surface area contributed by atoms with Gasteiger partial charge in [-0.25, -0.2) is 5.48 Å². The fraction of sp³-hybridized carbons (Fsp3) is 0.370. The molecule has 0 spiro atoms. The lowest BCUT2D eigenvalue weighted by Gasteiger charge is -2.34. The number of nitrogens with one attached hydrogen (secondary N) is 1. The molecule has 2 aliphatic rings. The number of piperidine rings is 1. The summed E-state index contributed by atoms with van der Waals surface area (Å²) in [4.78, 5) is 24.9. The Bertz CT molecular complexity index is 1020. The maximum Gasteiger partial charge on any atom is 0.274 e. The summed E-state index contributed by atoms with van der Waals surface area (Å²) in [5, 5.41) is 8.76. The zero-order valence-corrected chi connectivity index (χ0v) is 19.7. The highest BCUT2D eigenvalue weighted by Crippen LogP contribution is 2.28. The monoisotopic (exact) mass is 459 g/mol. The van der Waals surface area contributed by atoms with Gasteiger partial charge in [-0.3, -0.25) is 19.9 Å². The molecule has 3 heterocycles. The Morgan fingerprint density at radius 3 is 2.68 bits per heavy atom. The number of hydrogen-bond acceptors (Lipinski definition) is 6. The number of rotatable bonds is 8. The molecule has 1 atom stereocenters. The second-order valence-electron chi connectivity index (χ2n) is 9.06. The first-order valence-electron chi connectivity index (χ1n) is 11.8. The predicted molar refractivity (Wildman–Crippen MR) is 133 cm³/mol. The second kappa shape index (κ2) is 11.7. The SMILES string of the molecule is CN=CC(/C=C1/C=CN(Cc2ccc(C(=O)NO)cc2)C1)C1CCN(Cc2cccnc2)CC1. The summed E-state index contributed by atoms with van der Waals surface area (Å²) < 4.78 is 0. The van der Waals surface area contributed by atoms with E-state index in [1.54, 1.807) is 17.6 Å². The first kappa shape index (κ1) is 23.9. The Morgan fingerprint density at radius 1 is 1.21 bits per heavy atom. The molecular formula is C27H33N5O2. The topological polar surface area (TPSA) is 81.1 Å². The molecule has 1 unspecified atom stereocenters. The first-order valence-corrected chi connectivity index (χ1v) is 11.8. The molecule has 0 bridgehead atoms. The maximum atomic E-state index is 11.5. The van der Waals surface area contributed by atoms with Gasteiger partial charge in [0.15, 0.2) is 0 Å². The molecule has 2 aromatic rings. The smallest absolute Gasteiger partial charge is 0.274 e. The fourth-order valence-corrected chi connectivity index (χ4v) is 4.78. The van der Waals surface area contributed by atoms with Crippen molar-refractivity contribution >= 4 is 12.1 Å². The average molecular weight is 460 g/mol. The van der Waals surface area contributed by atoms with Gasteiger partial charge in [-0.05, 0) is 72.8 Å². The molecule has 1 amide bonds. The Hall–Kier alpha value is -3.29. The normalized spacial score (nSPS) is 19.2. The van der Waals surface area contributed by atoms with Crippen molar-refractivity contribution < 1.29 is 10.0 Å². The number of allylic oxidation sites excluding steroid dienone is 1. The van der Waals surface area contributed by atoms with E-state index < -0.39 is 5.91 Å². The lowest BCUT2D eigenvalue weighted by atomic mass is 9.83. The van der Waals surface area contributed by atoms with Gasteiger partial charge in [0.1, 0.15) is 0 Å². The molecule has 2 aliphatic heterocycles. The zero-order chi connectivity index (χ0) is 23.8. The third-order valence-electron chi connectivity index (χ3n) is 6.62. The van der Waals surface area contributed by atoms with Crippen molar-refractivity contribution in [2.75, 3.05) is 26.7 Å². The number of hydrogen-bond donors (Lipinski definition) is 2. The number of aromatic nitrogens is 1. The molecule has 7 nitrogen and oxygen atoms in total. The van der Waals surface area contributed by atoms with Gasteiger partial charge in [-0.1, -0.05) is 24.3 Å². The van der Waals surface area contributed by atoms with Gasteiger partial charge >= 0.3 is 0 Å². The molecule has 4 rings (SSSR count). The number of pyridine rings is 1. The predicted octanol–water partition coefficient (Wildman–Crippen LogP) is 3.69. The lowest BCUT2D eigenvalue weighted by Crippen LogP contribution is -2.35. The van der Waals surface area contributed by atoms with Crippen LogP contribution in [0.4, 0.5) is 0 Å². The van der Waals surface area contributed by atoms with Gasteiger partial charge in [0.05, 0.1) is 0 Å². The number of carbonyl (C=O) groups is 1. The summed E-state index contributed by atoms with van der Waals surface area (Å²) in [6, 6.07) is 11.5. The molecule has 1 saturated heterocycles. The lowest BCUT2D eigenvalue weighted by molar-refractivity contribution is 0.0706. The Morgan fingerprint density at radius 2 is 2.00 bits per heavy atom. The van der Waals surface area contributed by atoms with Crippen LogP contribution in [0.5, 0.6) is 0 Å². The third kappa shape index (κ3) is 6.40. The average Bonchev–Trinajstić information content (AvgIpc) is 3.31. The van der Waals surface area contributed by atoms with E-state index in [2.05, 4.69) is 50.4 Å². The van der Waals surface area contributed by atoms with E-state index in [4.69, 9.17) is 5.21 Å². The summed E-state index contributed by atoms with van der Waals surface area (Å²) in [5.41, 5.74) is 5.82. The van der Waals surface area contributed by atoms with Crippen LogP contribution in [0.15, 0.2) is 77.7 Å². The molecule has 0 radical (unpaired) electrons. The highest BCUT2D eigenvalue weighted by Gasteiger charge is 2.25. The summed E-state index contributed by atoms with van der Waals surface area (Å²) in [6.07, 6.45) is 14.9. The number of likely N-dealkylation sites (tertiary alicyclic amines) is 1. The summed E-state index contributed by atoms with van der Waals surface area (Å²) in [5.74, 6) is 0.458. The number of hydroxylamine groups is 1. The van der Waals surface area contributed by atoms with Gasteiger partial charge in [0.2, 0.25) is 0 Å². The highest BCUT2D eigenvalue weighted by atomic mass is 16.5. The molecule has 1 aromatic heterocycles. The number of benzene rings is 1. The van der Waals surface area contributed by atoms with Crippen molar-refractivity contribution in [3.05, 3.63) is 89.4 Å². The summed E-state index contributed by atoms with van der Waals surface area (Å²) in [6.45, 7) is 4.81. The minimum Gasteiger partial charge on any atom is -0.369 e. The van der Waals surface area contributed by atoms with E-state index >= 15 is 0 Å². The standard InChI is InChI=1S/C27H33N5O2/c1-28-17-26(24-9-13-31(14-10-24)20-23-3-2-11-29-16-23)15-22-8-12-32(19-22)18-21-4-6-25(7-5-21)27(33)30-34/h2-8,11-12,15-17,24,26,34H,9-10,13-14,18-20H2,1H3,(H,30,33)/b22-15-,28-17?. The van der Waals surface area contributed by atoms with Crippen LogP contribution in [0.25, 0.3) is 0 Å². The van der Waals surface area contributed by atoms with Crippen molar-refractivity contribution in [2.24, 2.45) is 16.8 Å². The summed E-state index contributed by atoms with van der Waals surface area (Å²) in [7, 11) is 1.86. The van der Waals surface area contributed by atoms with E-state index in [-0.39, 0.29) is 0 Å². The number of aliphatic imine (C=N–C) groups is 1. The van der Waals surface area contributed by atoms with Gasteiger partial charge < -0.3 is 9.89 Å². The molecular weight excluding hydrogens is 426 g/mol. The minimum absolute atomic E-state index is 0.349. The third-order valence-corrected chi connectivity index (χ3v) is 6.62. The number of carbonyl (C=O) groups excluding carboxylic acids is 1. The Balaban J connectivity index is 1.30. The maximum absolute atomic E-state index is 11.5. The quantitative estimate of drug-likeness (QED) is 0.358. The van der Waals surface area contributed by atoms with Gasteiger partial charge in [-0.2, -0.15) is 0 Å². The molecule has 2 N–H and O–H groups in total. The van der Waals surface area contributed by atoms with Crippen LogP contribution in [0.1, 0.15) is 34.3 Å². The Kier molecular flexibility index (Phi) is 8.22. The molecule has 178 valence electrons. The fourth-order valence-electron chi connectivity index (χ4n) is 4.78. The van der Waals surface area contributed by atoms with Gasteiger partial charge in [-0.15, -0.1) is 0 Å². The largest absolute Gasteiger partial charge is 0.369 e. The molecule has 34 heavy (non-hydrogen) atoms. The minimum atomic E-state index is -0.496. The van der Waals surface area contributed by atoms with E-state index in [0.29, 0.717) is 17.4 Å². The van der Waals surface area contributed by atoms with Crippen LogP contribution in [-0.2, 0) is 13.1 Å². The molecule has 0 saturated carbocycles. The van der Waals surface area contributed by atoms with Gasteiger partial charge in [0.25, 0.3) is 5.91 Å². The van der Waals surface area contributed by atoms with Crippen molar-refractivity contribution in [1.29, 1.82) is 0 Å². The van der Waals surface area contributed by atoms with E-state index in [9.17, 15) is 4.79 Å². The molecule has 0 aliphatic carbocycles. The van der Waals surface area contributed by atoms with E-state index in [0.717, 1.165) is 38.3 Å². The van der Waals surface area contributed by atoms with Crippen LogP contribution in [-0.4, -0.2) is 58.8 Å². The summed E-state index contributed by atoms with van der Waals surface area (Å²) >= 11 is 0. The van der Waals surface area contributed by atoms with Crippen LogP contribution < -0.4 is 5.48 Å².